The van der Waals surface area contributed by atoms with Crippen LogP contribution in [-0.2, 0) is 4.74 Å². The third-order valence-corrected chi connectivity index (χ3v) is 4.12. The fourth-order valence-electron chi connectivity index (χ4n) is 2.22. The van der Waals surface area contributed by atoms with Crippen LogP contribution >= 0.6 is 11.3 Å². The van der Waals surface area contributed by atoms with Crippen LogP contribution in [0.15, 0.2) is 11.4 Å². The van der Waals surface area contributed by atoms with E-state index in [1.807, 2.05) is 23.3 Å². The van der Waals surface area contributed by atoms with Gasteiger partial charge in [0.05, 0.1) is 23.1 Å². The zero-order valence-corrected chi connectivity index (χ0v) is 12.5. The SMILES string of the molecule is CCN(CC1CCCO1)C(=O)c1csc(C#CCN)c1. The number of carbonyl (C=O) groups is 1. The first-order valence-electron chi connectivity index (χ1n) is 6.93. The number of nitrogens with two attached hydrogens (primary N) is 1. The van der Waals surface area contributed by atoms with Crippen molar-refractivity contribution in [3.8, 4) is 11.8 Å². The van der Waals surface area contributed by atoms with Crippen molar-refractivity contribution < 1.29 is 9.53 Å². The summed E-state index contributed by atoms with van der Waals surface area (Å²) in [6.45, 7) is 4.51. The van der Waals surface area contributed by atoms with E-state index in [4.69, 9.17) is 10.5 Å². The monoisotopic (exact) mass is 292 g/mol. The van der Waals surface area contributed by atoms with Crippen molar-refractivity contribution in [2.45, 2.75) is 25.9 Å². The van der Waals surface area contributed by atoms with Gasteiger partial charge in [-0.15, -0.1) is 11.3 Å². The van der Waals surface area contributed by atoms with E-state index in [0.29, 0.717) is 25.2 Å². The number of likely N-dealkylation sites (N-methyl/N-ethyl adjacent to an activating group) is 1. The molecule has 4 nitrogen and oxygen atoms in total. The number of nitrogens with zero attached hydrogens (tertiary/aromatic N) is 1. The highest BCUT2D eigenvalue weighted by atomic mass is 32.1. The van der Waals surface area contributed by atoms with Gasteiger partial charge in [0.15, 0.2) is 0 Å². The van der Waals surface area contributed by atoms with E-state index in [9.17, 15) is 4.79 Å². The fraction of sp³-hybridized carbons (Fsp3) is 0.533. The normalized spacial score (nSPS) is 17.6. The van der Waals surface area contributed by atoms with E-state index in [0.717, 1.165) is 24.3 Å². The Morgan fingerprint density at radius 2 is 2.50 bits per heavy atom. The largest absolute Gasteiger partial charge is 0.376 e. The van der Waals surface area contributed by atoms with Crippen LogP contribution in [-0.4, -0.2) is 43.2 Å². The van der Waals surface area contributed by atoms with E-state index in [1.54, 1.807) is 0 Å². The average Bonchev–Trinajstić information content (AvgIpc) is 3.13. The molecular weight excluding hydrogens is 272 g/mol. The quantitative estimate of drug-likeness (QED) is 0.859. The van der Waals surface area contributed by atoms with Gasteiger partial charge in [0, 0.05) is 25.1 Å². The first-order chi connectivity index (χ1) is 9.74. The van der Waals surface area contributed by atoms with Gasteiger partial charge in [-0.25, -0.2) is 0 Å². The van der Waals surface area contributed by atoms with Gasteiger partial charge >= 0.3 is 0 Å². The Kier molecular flexibility index (Phi) is 5.60. The van der Waals surface area contributed by atoms with Crippen molar-refractivity contribution in [2.24, 2.45) is 5.73 Å². The van der Waals surface area contributed by atoms with Crippen LogP contribution in [0.4, 0.5) is 0 Å². The molecule has 1 amide bonds. The second kappa shape index (κ2) is 7.44. The smallest absolute Gasteiger partial charge is 0.254 e. The van der Waals surface area contributed by atoms with E-state index >= 15 is 0 Å². The molecule has 2 heterocycles. The molecule has 0 aromatic carbocycles. The number of carbonyl (C=O) groups excluding carboxylic acids is 1. The maximum atomic E-state index is 12.5. The van der Waals surface area contributed by atoms with Crippen molar-refractivity contribution in [3.05, 3.63) is 21.9 Å². The molecule has 1 aliphatic heterocycles. The lowest BCUT2D eigenvalue weighted by Crippen LogP contribution is -2.37. The molecule has 0 aliphatic carbocycles. The molecule has 2 N–H and O–H groups in total. The van der Waals surface area contributed by atoms with Crippen LogP contribution in [0.3, 0.4) is 0 Å². The van der Waals surface area contributed by atoms with Crippen molar-refractivity contribution >= 4 is 17.2 Å². The molecule has 1 saturated heterocycles. The van der Waals surface area contributed by atoms with Gasteiger partial charge in [0.2, 0.25) is 0 Å². The van der Waals surface area contributed by atoms with Crippen LogP contribution in [0.1, 0.15) is 35.0 Å². The van der Waals surface area contributed by atoms with Crippen LogP contribution in [0.5, 0.6) is 0 Å². The molecule has 1 aromatic rings. The van der Waals surface area contributed by atoms with E-state index in [-0.39, 0.29) is 12.0 Å². The molecule has 5 heteroatoms. The number of hydrogen-bond acceptors (Lipinski definition) is 4. The summed E-state index contributed by atoms with van der Waals surface area (Å²) < 4.78 is 5.60. The second-order valence-electron chi connectivity index (χ2n) is 4.68. The Morgan fingerprint density at radius 1 is 1.65 bits per heavy atom. The standard InChI is InChI=1S/C15H20N2O2S/c1-2-17(10-13-5-4-8-19-13)15(18)12-9-14(20-11-12)6-3-7-16/h9,11,13H,2,4-5,7-8,10,16H2,1H3. The summed E-state index contributed by atoms with van der Waals surface area (Å²) in [6, 6.07) is 1.84. The molecule has 2 rings (SSSR count). The summed E-state index contributed by atoms with van der Waals surface area (Å²) in [5, 5.41) is 1.86. The zero-order valence-electron chi connectivity index (χ0n) is 11.7. The van der Waals surface area contributed by atoms with E-state index in [1.165, 1.54) is 11.3 Å². The first-order valence-corrected chi connectivity index (χ1v) is 7.81. The summed E-state index contributed by atoms with van der Waals surface area (Å²) in [5.74, 6) is 5.82. The molecule has 0 spiro atoms. The Morgan fingerprint density at radius 3 is 3.15 bits per heavy atom. The van der Waals surface area contributed by atoms with Crippen molar-refractivity contribution in [1.29, 1.82) is 0 Å². The minimum atomic E-state index is 0.0556. The molecule has 0 saturated carbocycles. The second-order valence-corrected chi connectivity index (χ2v) is 5.60. The maximum absolute atomic E-state index is 12.5. The number of rotatable bonds is 4. The van der Waals surface area contributed by atoms with Gasteiger partial charge in [0.1, 0.15) is 0 Å². The lowest BCUT2D eigenvalue weighted by atomic mass is 10.2. The lowest BCUT2D eigenvalue weighted by molar-refractivity contribution is 0.0539. The summed E-state index contributed by atoms with van der Waals surface area (Å²) in [4.78, 5) is 15.2. The summed E-state index contributed by atoms with van der Waals surface area (Å²) in [7, 11) is 0. The van der Waals surface area contributed by atoms with Crippen LogP contribution in [0.2, 0.25) is 0 Å². The minimum Gasteiger partial charge on any atom is -0.376 e. The first kappa shape index (κ1) is 15.0. The molecule has 1 atom stereocenters. The van der Waals surface area contributed by atoms with Gasteiger partial charge in [0.25, 0.3) is 5.91 Å². The predicted molar refractivity (Wildman–Crippen MR) is 80.8 cm³/mol. The van der Waals surface area contributed by atoms with Crippen molar-refractivity contribution in [2.75, 3.05) is 26.2 Å². The molecule has 1 aliphatic rings. The number of hydrogen-bond donors (Lipinski definition) is 1. The number of ether oxygens (including phenoxy) is 1. The summed E-state index contributed by atoms with van der Waals surface area (Å²) >= 11 is 1.48. The highest BCUT2D eigenvalue weighted by molar-refractivity contribution is 7.10. The predicted octanol–water partition coefficient (Wildman–Crippen LogP) is 1.70. The molecule has 20 heavy (non-hydrogen) atoms. The average molecular weight is 292 g/mol. The molecule has 1 aromatic heterocycles. The molecule has 108 valence electrons. The van der Waals surface area contributed by atoms with Crippen LogP contribution < -0.4 is 5.73 Å². The zero-order chi connectivity index (χ0) is 14.4. The maximum Gasteiger partial charge on any atom is 0.254 e. The number of amides is 1. The van der Waals surface area contributed by atoms with E-state index < -0.39 is 0 Å². The number of thiophene rings is 1. The topological polar surface area (TPSA) is 55.6 Å². The molecule has 1 unspecified atom stereocenters. The highest BCUT2D eigenvalue weighted by Crippen LogP contribution is 2.18. The van der Waals surface area contributed by atoms with Crippen LogP contribution in [0.25, 0.3) is 0 Å². The molecule has 1 fully saturated rings. The Balaban J connectivity index is 2.01. The molecule has 0 radical (unpaired) electrons. The Labute approximate surface area is 123 Å². The van der Waals surface area contributed by atoms with Gasteiger partial charge in [-0.05, 0) is 25.8 Å². The minimum absolute atomic E-state index is 0.0556. The fourth-order valence-corrected chi connectivity index (χ4v) is 2.97. The van der Waals surface area contributed by atoms with Crippen molar-refractivity contribution in [3.63, 3.8) is 0 Å². The summed E-state index contributed by atoms with van der Waals surface area (Å²) in [6.07, 6.45) is 2.32. The molecular formula is C15H20N2O2S. The lowest BCUT2D eigenvalue weighted by Gasteiger charge is -2.23. The third-order valence-electron chi connectivity index (χ3n) is 3.28. The Hall–Kier alpha value is -1.35. The van der Waals surface area contributed by atoms with Gasteiger partial charge in [-0.1, -0.05) is 11.8 Å². The Bertz CT molecular complexity index is 509. The van der Waals surface area contributed by atoms with Gasteiger partial charge in [-0.2, -0.15) is 0 Å². The van der Waals surface area contributed by atoms with E-state index in [2.05, 4.69) is 11.8 Å². The van der Waals surface area contributed by atoms with Crippen molar-refractivity contribution in [1.82, 2.24) is 4.90 Å². The summed E-state index contributed by atoms with van der Waals surface area (Å²) in [5.41, 5.74) is 6.05. The highest BCUT2D eigenvalue weighted by Gasteiger charge is 2.22. The molecule has 0 bridgehead atoms. The van der Waals surface area contributed by atoms with Gasteiger partial charge in [-0.3, -0.25) is 4.79 Å². The third kappa shape index (κ3) is 3.83. The van der Waals surface area contributed by atoms with Crippen LogP contribution in [0, 0.1) is 11.8 Å². The van der Waals surface area contributed by atoms with Gasteiger partial charge < -0.3 is 15.4 Å².